The zero-order chi connectivity index (χ0) is 22.7. The second kappa shape index (κ2) is 9.43. The molecule has 32 heavy (non-hydrogen) atoms. The third kappa shape index (κ3) is 4.72. The van der Waals surface area contributed by atoms with Crippen LogP contribution in [0.15, 0.2) is 52.2 Å². The Kier molecular flexibility index (Phi) is 6.63. The molecule has 0 radical (unpaired) electrons. The number of amides is 1. The number of hydrogen-bond acceptors (Lipinski definition) is 6. The first-order valence-corrected chi connectivity index (χ1v) is 12.8. The van der Waals surface area contributed by atoms with Gasteiger partial charge in [0.1, 0.15) is 0 Å². The number of fused-ring (bicyclic) bond motifs is 1. The molecule has 1 atom stereocenters. The van der Waals surface area contributed by atoms with Gasteiger partial charge in [0.2, 0.25) is 0 Å². The fraction of sp³-hybridized carbons (Fsp3) is 0.364. The number of carbonyl (C=O) groups excluding carboxylic acids is 1. The molecule has 2 aromatic carbocycles. The predicted molar refractivity (Wildman–Crippen MR) is 125 cm³/mol. The molecule has 2 N–H and O–H groups in total. The van der Waals surface area contributed by atoms with Gasteiger partial charge in [0.05, 0.1) is 32.5 Å². The monoisotopic (exact) mass is 475 g/mol. The maximum Gasteiger partial charge on any atom is 0.308 e. The van der Waals surface area contributed by atoms with E-state index in [1.54, 1.807) is 34.9 Å². The van der Waals surface area contributed by atoms with Gasteiger partial charge in [-0.05, 0) is 49.6 Å². The second-order valence-electron chi connectivity index (χ2n) is 7.65. The molecular formula is C22H25N3O5S2. The van der Waals surface area contributed by atoms with Crippen LogP contribution in [0.25, 0.3) is 10.2 Å². The topological polar surface area (TPSA) is 107 Å². The summed E-state index contributed by atoms with van der Waals surface area (Å²) >= 11 is 1.02. The van der Waals surface area contributed by atoms with Crippen LogP contribution < -0.4 is 14.9 Å². The van der Waals surface area contributed by atoms with Crippen LogP contribution in [0.2, 0.25) is 0 Å². The Morgan fingerprint density at radius 3 is 2.81 bits per heavy atom. The molecular weight excluding hydrogens is 450 g/mol. The fourth-order valence-corrected chi connectivity index (χ4v) is 5.87. The summed E-state index contributed by atoms with van der Waals surface area (Å²) in [5, 5.41) is 2.82. The van der Waals surface area contributed by atoms with E-state index >= 15 is 0 Å². The predicted octanol–water partition coefficient (Wildman–Crippen LogP) is 3.18. The summed E-state index contributed by atoms with van der Waals surface area (Å²) < 4.78 is 36.4. The summed E-state index contributed by atoms with van der Waals surface area (Å²) in [5.41, 5.74) is 1.14. The van der Waals surface area contributed by atoms with E-state index in [1.807, 2.05) is 6.92 Å². The molecule has 0 spiro atoms. The van der Waals surface area contributed by atoms with Crippen LogP contribution in [0.3, 0.4) is 0 Å². The van der Waals surface area contributed by atoms with Gasteiger partial charge >= 0.3 is 4.87 Å². The average molecular weight is 476 g/mol. The van der Waals surface area contributed by atoms with Crippen molar-refractivity contribution in [1.29, 1.82) is 0 Å². The van der Waals surface area contributed by atoms with Crippen LogP contribution in [0, 0.1) is 0 Å². The lowest BCUT2D eigenvalue weighted by atomic mass is 10.1. The van der Waals surface area contributed by atoms with Crippen LogP contribution >= 0.6 is 11.3 Å². The van der Waals surface area contributed by atoms with Gasteiger partial charge in [-0.25, -0.2) is 8.42 Å². The molecule has 4 rings (SSSR count). The number of sulfonamides is 1. The summed E-state index contributed by atoms with van der Waals surface area (Å²) in [7, 11) is -3.97. The number of nitrogens with zero attached hydrogens (tertiary/aromatic N) is 1. The number of carbonyl (C=O) groups is 1. The minimum absolute atomic E-state index is 0.0123. The highest BCUT2D eigenvalue weighted by Crippen LogP contribution is 2.25. The summed E-state index contributed by atoms with van der Waals surface area (Å²) in [4.78, 5) is 24.8. The van der Waals surface area contributed by atoms with Crippen molar-refractivity contribution >= 4 is 43.2 Å². The van der Waals surface area contributed by atoms with Crippen molar-refractivity contribution in [2.75, 3.05) is 17.9 Å². The van der Waals surface area contributed by atoms with Crippen molar-refractivity contribution in [2.45, 2.75) is 43.7 Å². The van der Waals surface area contributed by atoms with Crippen molar-refractivity contribution in [3.05, 3.63) is 57.7 Å². The molecule has 3 aromatic rings. The van der Waals surface area contributed by atoms with E-state index in [1.165, 1.54) is 12.1 Å². The number of aryl methyl sites for hydroxylation is 1. The number of anilines is 1. The Labute approximate surface area is 190 Å². The first-order chi connectivity index (χ1) is 15.4. The third-order valence-corrected chi connectivity index (χ3v) is 7.63. The van der Waals surface area contributed by atoms with Crippen molar-refractivity contribution in [1.82, 2.24) is 9.88 Å². The van der Waals surface area contributed by atoms with Gasteiger partial charge in [0.15, 0.2) is 0 Å². The van der Waals surface area contributed by atoms with Gasteiger partial charge in [-0.1, -0.05) is 30.4 Å². The Morgan fingerprint density at radius 2 is 2.06 bits per heavy atom. The van der Waals surface area contributed by atoms with E-state index in [2.05, 4.69) is 10.0 Å². The van der Waals surface area contributed by atoms with Gasteiger partial charge in [-0.2, -0.15) is 0 Å². The molecule has 1 amide bonds. The highest BCUT2D eigenvalue weighted by Gasteiger charge is 2.21. The molecule has 10 heteroatoms. The molecule has 1 unspecified atom stereocenters. The Bertz CT molecular complexity index is 1290. The smallest absolute Gasteiger partial charge is 0.308 e. The summed E-state index contributed by atoms with van der Waals surface area (Å²) in [6.45, 7) is 3.63. The Balaban J connectivity index is 1.57. The number of nitrogens with one attached hydrogen (secondary N) is 2. The molecule has 0 aliphatic carbocycles. The van der Waals surface area contributed by atoms with Crippen LogP contribution in [-0.4, -0.2) is 38.1 Å². The van der Waals surface area contributed by atoms with Gasteiger partial charge in [0.25, 0.3) is 15.9 Å². The average Bonchev–Trinajstić information content (AvgIpc) is 3.40. The van der Waals surface area contributed by atoms with E-state index in [-0.39, 0.29) is 33.0 Å². The minimum Gasteiger partial charge on any atom is -0.376 e. The first kappa shape index (κ1) is 22.5. The lowest BCUT2D eigenvalue weighted by Gasteiger charge is -2.14. The Hall–Kier alpha value is -2.69. The lowest BCUT2D eigenvalue weighted by Crippen LogP contribution is -2.32. The van der Waals surface area contributed by atoms with E-state index in [4.69, 9.17) is 4.74 Å². The van der Waals surface area contributed by atoms with Gasteiger partial charge in [-0.3, -0.25) is 18.9 Å². The van der Waals surface area contributed by atoms with Crippen molar-refractivity contribution < 1.29 is 17.9 Å². The van der Waals surface area contributed by atoms with E-state index in [0.29, 0.717) is 24.4 Å². The van der Waals surface area contributed by atoms with Gasteiger partial charge in [0, 0.05) is 19.7 Å². The zero-order valence-corrected chi connectivity index (χ0v) is 19.3. The normalized spacial score (nSPS) is 16.3. The molecule has 1 aliphatic rings. The van der Waals surface area contributed by atoms with Crippen molar-refractivity contribution in [3.63, 3.8) is 0 Å². The molecule has 1 saturated heterocycles. The van der Waals surface area contributed by atoms with Gasteiger partial charge in [-0.15, -0.1) is 0 Å². The van der Waals surface area contributed by atoms with Crippen LogP contribution in [0.1, 0.15) is 36.5 Å². The number of rotatable bonds is 8. The number of benzene rings is 2. The second-order valence-corrected chi connectivity index (χ2v) is 10.3. The lowest BCUT2D eigenvalue weighted by molar-refractivity contribution is 0.0858. The van der Waals surface area contributed by atoms with Crippen molar-refractivity contribution in [2.24, 2.45) is 0 Å². The maximum atomic E-state index is 13.1. The number of thiazole rings is 1. The number of para-hydroxylation sites is 1. The number of aromatic nitrogens is 1. The number of hydrogen-bond donors (Lipinski definition) is 2. The molecule has 1 fully saturated rings. The molecule has 0 bridgehead atoms. The largest absolute Gasteiger partial charge is 0.376 e. The fourth-order valence-electron chi connectivity index (χ4n) is 3.73. The maximum absolute atomic E-state index is 13.1. The summed E-state index contributed by atoms with van der Waals surface area (Å²) in [5.74, 6) is -0.371. The van der Waals surface area contributed by atoms with Crippen LogP contribution in [-0.2, 0) is 21.3 Å². The third-order valence-electron chi connectivity index (χ3n) is 5.33. The van der Waals surface area contributed by atoms with E-state index in [0.717, 1.165) is 36.1 Å². The van der Waals surface area contributed by atoms with E-state index in [9.17, 15) is 18.0 Å². The Morgan fingerprint density at radius 1 is 1.25 bits per heavy atom. The zero-order valence-electron chi connectivity index (χ0n) is 17.7. The molecule has 170 valence electrons. The highest BCUT2D eigenvalue weighted by atomic mass is 32.2. The molecule has 0 saturated carbocycles. The SMILES string of the molecule is CCCn1c(=O)sc2cc(S(=O)(=O)Nc3ccccc3C(=O)NCC3CCCO3)ccc21. The van der Waals surface area contributed by atoms with Gasteiger partial charge < -0.3 is 10.1 Å². The summed E-state index contributed by atoms with van der Waals surface area (Å²) in [6, 6.07) is 11.1. The molecule has 1 aliphatic heterocycles. The van der Waals surface area contributed by atoms with E-state index < -0.39 is 10.0 Å². The van der Waals surface area contributed by atoms with Crippen molar-refractivity contribution in [3.8, 4) is 0 Å². The molecule has 2 heterocycles. The molecule has 1 aromatic heterocycles. The molecule has 8 nitrogen and oxygen atoms in total. The first-order valence-electron chi connectivity index (χ1n) is 10.5. The highest BCUT2D eigenvalue weighted by molar-refractivity contribution is 7.92. The summed E-state index contributed by atoms with van der Waals surface area (Å²) in [6.07, 6.45) is 2.65. The standard InChI is InChI=1S/C22H25N3O5S2/c1-2-11-25-19-10-9-16(13-20(19)31-22(25)27)32(28,29)24-18-8-4-3-7-17(18)21(26)23-14-15-6-5-12-30-15/h3-4,7-10,13,15,24H,2,5-6,11-12,14H2,1H3,(H,23,26). The minimum atomic E-state index is -3.97. The van der Waals surface area contributed by atoms with Crippen LogP contribution in [0.5, 0.6) is 0 Å². The number of ether oxygens (including phenoxy) is 1. The van der Waals surface area contributed by atoms with Crippen LogP contribution in [0.4, 0.5) is 5.69 Å². The quantitative estimate of drug-likeness (QED) is 0.520.